The molecule has 1 saturated carbocycles. The molecular formula is C21H25N3O6. The van der Waals surface area contributed by atoms with Crippen LogP contribution < -0.4 is 10.6 Å². The summed E-state index contributed by atoms with van der Waals surface area (Å²) in [5.74, 6) is -2.12. The number of esters is 1. The third-order valence-corrected chi connectivity index (χ3v) is 5.20. The van der Waals surface area contributed by atoms with Gasteiger partial charge in [0.25, 0.3) is 17.7 Å². The van der Waals surface area contributed by atoms with Crippen LogP contribution in [0.1, 0.15) is 65.7 Å². The van der Waals surface area contributed by atoms with Gasteiger partial charge >= 0.3 is 12.0 Å². The summed E-state index contributed by atoms with van der Waals surface area (Å²) < 4.78 is 4.86. The molecule has 0 unspecified atom stereocenters. The van der Waals surface area contributed by atoms with Crippen molar-refractivity contribution in [3.63, 3.8) is 0 Å². The topological polar surface area (TPSA) is 122 Å². The quantitative estimate of drug-likeness (QED) is 0.517. The lowest BCUT2D eigenvalue weighted by Gasteiger charge is -2.22. The number of ether oxygens (including phenoxy) is 1. The van der Waals surface area contributed by atoms with Crippen molar-refractivity contribution >= 4 is 29.7 Å². The molecule has 9 heteroatoms. The molecule has 1 fully saturated rings. The molecule has 5 amide bonds. The molecule has 3 rings (SSSR count). The van der Waals surface area contributed by atoms with Crippen molar-refractivity contribution in [2.75, 3.05) is 13.2 Å². The number of amides is 5. The lowest BCUT2D eigenvalue weighted by Crippen LogP contribution is -2.46. The zero-order chi connectivity index (χ0) is 21.5. The highest BCUT2D eigenvalue weighted by Crippen LogP contribution is 2.22. The largest absolute Gasteiger partial charge is 0.456 e. The lowest BCUT2D eigenvalue weighted by atomic mass is 9.96. The van der Waals surface area contributed by atoms with Gasteiger partial charge in [-0.1, -0.05) is 31.4 Å². The maximum absolute atomic E-state index is 12.2. The van der Waals surface area contributed by atoms with Crippen molar-refractivity contribution in [1.82, 2.24) is 15.5 Å². The van der Waals surface area contributed by atoms with Crippen molar-refractivity contribution in [2.45, 2.75) is 51.0 Å². The number of nitrogens with one attached hydrogen (secondary N) is 2. The molecular weight excluding hydrogens is 390 g/mol. The minimum Gasteiger partial charge on any atom is -0.456 e. The van der Waals surface area contributed by atoms with E-state index in [4.69, 9.17) is 4.74 Å². The summed E-state index contributed by atoms with van der Waals surface area (Å²) in [6.45, 7) is -0.485. The number of nitrogens with zero attached hydrogens (tertiary/aromatic N) is 1. The second kappa shape index (κ2) is 10.00. The molecule has 1 aliphatic heterocycles. The van der Waals surface area contributed by atoms with Gasteiger partial charge in [-0.05, 0) is 31.4 Å². The van der Waals surface area contributed by atoms with E-state index in [9.17, 15) is 24.0 Å². The molecule has 2 aliphatic rings. The molecule has 1 heterocycles. The fourth-order valence-corrected chi connectivity index (χ4v) is 3.67. The number of fused-ring (bicyclic) bond motifs is 1. The highest BCUT2D eigenvalue weighted by atomic mass is 16.5. The normalized spacial score (nSPS) is 16.2. The Hall–Kier alpha value is -3.23. The molecule has 2 N–H and O–H groups in total. The standard InChI is InChI=1S/C21H25N3O6/c25-17(23-21(29)22-14-7-2-1-3-8-14)13-30-18(26)11-6-12-24-19(27)15-9-4-5-10-16(15)20(24)28/h4-5,9-10,14H,1-3,6-8,11-13H2,(H2,22,23,25,29). The van der Waals surface area contributed by atoms with Gasteiger partial charge in [0.05, 0.1) is 11.1 Å². The average Bonchev–Trinajstić information content (AvgIpc) is 2.98. The van der Waals surface area contributed by atoms with E-state index in [1.54, 1.807) is 24.3 Å². The first-order valence-electron chi connectivity index (χ1n) is 10.2. The number of imide groups is 2. The number of carbonyl (C=O) groups is 5. The van der Waals surface area contributed by atoms with Crippen LogP contribution in [-0.4, -0.2) is 53.8 Å². The van der Waals surface area contributed by atoms with E-state index in [0.717, 1.165) is 37.0 Å². The van der Waals surface area contributed by atoms with E-state index in [2.05, 4.69) is 10.6 Å². The monoisotopic (exact) mass is 415 g/mol. The molecule has 0 radical (unpaired) electrons. The fourth-order valence-electron chi connectivity index (χ4n) is 3.67. The van der Waals surface area contributed by atoms with E-state index in [-0.39, 0.29) is 37.2 Å². The SMILES string of the molecule is O=C(COC(=O)CCCN1C(=O)c2ccccc2C1=O)NC(=O)NC1CCCCC1. The van der Waals surface area contributed by atoms with E-state index in [1.807, 2.05) is 0 Å². The second-order valence-electron chi connectivity index (χ2n) is 7.43. The highest BCUT2D eigenvalue weighted by Gasteiger charge is 2.34. The molecule has 1 aliphatic carbocycles. The molecule has 0 spiro atoms. The molecule has 0 saturated heterocycles. The van der Waals surface area contributed by atoms with Crippen LogP contribution in [0.25, 0.3) is 0 Å². The molecule has 9 nitrogen and oxygen atoms in total. The summed E-state index contributed by atoms with van der Waals surface area (Å²) in [6.07, 6.45) is 5.20. The Balaban J connectivity index is 1.32. The van der Waals surface area contributed by atoms with E-state index in [1.165, 1.54) is 0 Å². The van der Waals surface area contributed by atoms with Crippen LogP contribution in [0.15, 0.2) is 24.3 Å². The summed E-state index contributed by atoms with van der Waals surface area (Å²) in [6, 6.07) is 6.03. The van der Waals surface area contributed by atoms with Gasteiger partial charge in [0.15, 0.2) is 6.61 Å². The van der Waals surface area contributed by atoms with Crippen LogP contribution in [0, 0.1) is 0 Å². The molecule has 160 valence electrons. The number of rotatable bonds is 7. The zero-order valence-electron chi connectivity index (χ0n) is 16.6. The first-order valence-corrected chi connectivity index (χ1v) is 10.2. The van der Waals surface area contributed by atoms with Crippen LogP contribution in [0.2, 0.25) is 0 Å². The average molecular weight is 415 g/mol. The summed E-state index contributed by atoms with van der Waals surface area (Å²) in [5, 5.41) is 4.88. The number of hydrogen-bond acceptors (Lipinski definition) is 6. The van der Waals surface area contributed by atoms with Crippen LogP contribution in [0.5, 0.6) is 0 Å². The molecule has 0 bridgehead atoms. The third kappa shape index (κ3) is 5.43. The molecule has 1 aromatic rings. The van der Waals surface area contributed by atoms with Gasteiger partial charge in [-0.15, -0.1) is 0 Å². The van der Waals surface area contributed by atoms with Crippen molar-refractivity contribution in [2.24, 2.45) is 0 Å². The van der Waals surface area contributed by atoms with Crippen molar-refractivity contribution < 1.29 is 28.7 Å². The molecule has 0 aromatic heterocycles. The minimum atomic E-state index is -0.711. The van der Waals surface area contributed by atoms with Gasteiger partial charge in [-0.25, -0.2) is 4.79 Å². The molecule has 1 aromatic carbocycles. The number of benzene rings is 1. The van der Waals surface area contributed by atoms with Gasteiger partial charge in [-0.2, -0.15) is 0 Å². The Morgan fingerprint density at radius 3 is 2.27 bits per heavy atom. The highest BCUT2D eigenvalue weighted by molar-refractivity contribution is 6.21. The van der Waals surface area contributed by atoms with Gasteiger partial charge in [-0.3, -0.25) is 29.4 Å². The summed E-state index contributed by atoms with van der Waals surface area (Å²) in [4.78, 5) is 60.9. The smallest absolute Gasteiger partial charge is 0.321 e. The first kappa shape index (κ1) is 21.5. The van der Waals surface area contributed by atoms with Gasteiger partial charge < -0.3 is 10.1 Å². The Morgan fingerprint density at radius 1 is 1.00 bits per heavy atom. The Bertz CT molecular complexity index is 812. The molecule has 30 heavy (non-hydrogen) atoms. The van der Waals surface area contributed by atoms with E-state index >= 15 is 0 Å². The summed E-state index contributed by atoms with van der Waals surface area (Å²) in [7, 11) is 0. The van der Waals surface area contributed by atoms with Gasteiger partial charge in [0, 0.05) is 19.0 Å². The molecule has 0 atom stereocenters. The van der Waals surface area contributed by atoms with Crippen LogP contribution in [-0.2, 0) is 14.3 Å². The van der Waals surface area contributed by atoms with E-state index in [0.29, 0.717) is 11.1 Å². The number of urea groups is 1. The second-order valence-corrected chi connectivity index (χ2v) is 7.43. The van der Waals surface area contributed by atoms with Crippen molar-refractivity contribution in [1.29, 1.82) is 0 Å². The Morgan fingerprint density at radius 2 is 1.63 bits per heavy atom. The zero-order valence-corrected chi connectivity index (χ0v) is 16.6. The predicted molar refractivity (Wildman–Crippen MR) is 106 cm³/mol. The van der Waals surface area contributed by atoms with Crippen molar-refractivity contribution in [3.8, 4) is 0 Å². The van der Waals surface area contributed by atoms with Crippen LogP contribution in [0.3, 0.4) is 0 Å². The Kier molecular flexibility index (Phi) is 7.16. The van der Waals surface area contributed by atoms with Gasteiger partial charge in [0.2, 0.25) is 0 Å². The third-order valence-electron chi connectivity index (χ3n) is 5.20. The van der Waals surface area contributed by atoms with Crippen LogP contribution >= 0.6 is 0 Å². The minimum absolute atomic E-state index is 0.0606. The number of hydrogen-bond donors (Lipinski definition) is 2. The van der Waals surface area contributed by atoms with Crippen LogP contribution in [0.4, 0.5) is 4.79 Å². The maximum Gasteiger partial charge on any atom is 0.321 e. The van der Waals surface area contributed by atoms with E-state index < -0.39 is 24.5 Å². The van der Waals surface area contributed by atoms with Gasteiger partial charge in [0.1, 0.15) is 0 Å². The Labute approximate surface area is 174 Å². The summed E-state index contributed by atoms with van der Waals surface area (Å²) in [5.41, 5.74) is 0.710. The first-order chi connectivity index (χ1) is 14.5. The summed E-state index contributed by atoms with van der Waals surface area (Å²) >= 11 is 0. The fraction of sp³-hybridized carbons (Fsp3) is 0.476. The lowest BCUT2D eigenvalue weighted by molar-refractivity contribution is -0.148. The van der Waals surface area contributed by atoms with Crippen molar-refractivity contribution in [3.05, 3.63) is 35.4 Å². The predicted octanol–water partition coefficient (Wildman–Crippen LogP) is 1.76. The number of carbonyl (C=O) groups excluding carboxylic acids is 5. The maximum atomic E-state index is 12.2.